The van der Waals surface area contributed by atoms with Crippen LogP contribution in [0.3, 0.4) is 0 Å². The number of aryl methyl sites for hydroxylation is 3. The highest BCUT2D eigenvalue weighted by Crippen LogP contribution is 2.30. The number of rotatable bonds is 6. The van der Waals surface area contributed by atoms with Gasteiger partial charge in [0.25, 0.3) is 5.91 Å². The van der Waals surface area contributed by atoms with Gasteiger partial charge in [-0.05, 0) is 55.2 Å². The van der Waals surface area contributed by atoms with Crippen molar-refractivity contribution in [2.75, 3.05) is 31.1 Å². The van der Waals surface area contributed by atoms with Crippen molar-refractivity contribution in [1.82, 2.24) is 14.9 Å². The Balaban J connectivity index is 1.24. The SMILES string of the molecule is Cc1ccc(C)c(Cc2c(C)nc(-c3ccccc3)nc2N2CCN(C(=O)c3ccc(-c4ccccc4)cc3)CC2)c1. The Morgan fingerprint density at radius 1 is 0.690 bits per heavy atom. The van der Waals surface area contributed by atoms with Crippen molar-refractivity contribution < 1.29 is 4.79 Å². The van der Waals surface area contributed by atoms with Crippen LogP contribution < -0.4 is 4.90 Å². The summed E-state index contributed by atoms with van der Waals surface area (Å²) in [6.45, 7) is 9.13. The molecule has 0 unspecified atom stereocenters. The fourth-order valence-corrected chi connectivity index (χ4v) is 5.69. The van der Waals surface area contributed by atoms with Crippen molar-refractivity contribution in [3.8, 4) is 22.5 Å². The Labute approximate surface area is 248 Å². The predicted octanol–water partition coefficient (Wildman–Crippen LogP) is 7.29. The Kier molecular flexibility index (Phi) is 7.83. The van der Waals surface area contributed by atoms with Crippen molar-refractivity contribution in [3.63, 3.8) is 0 Å². The first-order valence-corrected chi connectivity index (χ1v) is 14.6. The van der Waals surface area contributed by atoms with E-state index in [0.717, 1.165) is 64.7 Å². The van der Waals surface area contributed by atoms with Crippen LogP contribution in [0.15, 0.2) is 103 Å². The summed E-state index contributed by atoms with van der Waals surface area (Å²) < 4.78 is 0. The van der Waals surface area contributed by atoms with Crippen molar-refractivity contribution in [1.29, 1.82) is 0 Å². The van der Waals surface area contributed by atoms with E-state index in [-0.39, 0.29) is 5.91 Å². The van der Waals surface area contributed by atoms with Crippen LogP contribution in [-0.4, -0.2) is 47.0 Å². The van der Waals surface area contributed by atoms with E-state index >= 15 is 0 Å². The number of aromatic nitrogens is 2. The van der Waals surface area contributed by atoms with Gasteiger partial charge >= 0.3 is 0 Å². The van der Waals surface area contributed by atoms with Crippen LogP contribution in [0, 0.1) is 20.8 Å². The van der Waals surface area contributed by atoms with E-state index in [2.05, 4.69) is 68.1 Å². The lowest BCUT2D eigenvalue weighted by atomic mass is 9.97. The smallest absolute Gasteiger partial charge is 0.253 e. The van der Waals surface area contributed by atoms with E-state index in [9.17, 15) is 4.79 Å². The van der Waals surface area contributed by atoms with E-state index in [1.54, 1.807) is 0 Å². The molecule has 2 heterocycles. The zero-order valence-corrected chi connectivity index (χ0v) is 24.5. The second-order valence-corrected chi connectivity index (χ2v) is 11.1. The lowest BCUT2D eigenvalue weighted by Gasteiger charge is -2.36. The molecule has 4 aromatic carbocycles. The highest BCUT2D eigenvalue weighted by molar-refractivity contribution is 5.95. The predicted molar refractivity (Wildman–Crippen MR) is 171 cm³/mol. The third kappa shape index (κ3) is 5.82. The summed E-state index contributed by atoms with van der Waals surface area (Å²) in [4.78, 5) is 27.9. The van der Waals surface area contributed by atoms with Crippen LogP contribution in [0.1, 0.15) is 38.3 Å². The minimum atomic E-state index is 0.0775. The van der Waals surface area contributed by atoms with E-state index in [0.29, 0.717) is 13.1 Å². The normalized spacial score (nSPS) is 13.3. The molecule has 5 aromatic rings. The molecule has 42 heavy (non-hydrogen) atoms. The molecule has 1 aromatic heterocycles. The van der Waals surface area contributed by atoms with E-state index in [1.165, 1.54) is 16.7 Å². The first kappa shape index (κ1) is 27.4. The van der Waals surface area contributed by atoms with Crippen molar-refractivity contribution in [2.45, 2.75) is 27.2 Å². The van der Waals surface area contributed by atoms with Gasteiger partial charge in [-0.1, -0.05) is 96.6 Å². The molecule has 6 rings (SSSR count). The van der Waals surface area contributed by atoms with Gasteiger partial charge < -0.3 is 9.80 Å². The van der Waals surface area contributed by atoms with E-state index in [4.69, 9.17) is 9.97 Å². The van der Waals surface area contributed by atoms with Crippen molar-refractivity contribution >= 4 is 11.7 Å². The average molecular weight is 553 g/mol. The van der Waals surface area contributed by atoms with E-state index < -0.39 is 0 Å². The molecule has 1 saturated heterocycles. The molecule has 1 amide bonds. The maximum Gasteiger partial charge on any atom is 0.253 e. The topological polar surface area (TPSA) is 49.3 Å². The van der Waals surface area contributed by atoms with Crippen LogP contribution in [0.2, 0.25) is 0 Å². The molecular weight excluding hydrogens is 516 g/mol. The number of carbonyl (C=O) groups is 1. The van der Waals surface area contributed by atoms with Crippen LogP contribution in [0.4, 0.5) is 5.82 Å². The molecule has 0 aliphatic carbocycles. The number of hydrogen-bond acceptors (Lipinski definition) is 4. The summed E-state index contributed by atoms with van der Waals surface area (Å²) >= 11 is 0. The molecule has 1 aliphatic rings. The molecule has 5 nitrogen and oxygen atoms in total. The number of carbonyl (C=O) groups excluding carboxylic acids is 1. The fourth-order valence-electron chi connectivity index (χ4n) is 5.69. The molecule has 0 atom stereocenters. The Morgan fingerprint density at radius 2 is 1.31 bits per heavy atom. The highest BCUT2D eigenvalue weighted by Gasteiger charge is 2.26. The molecule has 210 valence electrons. The second kappa shape index (κ2) is 12.0. The minimum Gasteiger partial charge on any atom is -0.353 e. The van der Waals surface area contributed by atoms with Crippen LogP contribution in [-0.2, 0) is 6.42 Å². The quantitative estimate of drug-likeness (QED) is 0.222. The van der Waals surface area contributed by atoms with Gasteiger partial charge in [0.2, 0.25) is 0 Å². The zero-order chi connectivity index (χ0) is 29.1. The molecule has 0 N–H and O–H groups in total. The van der Waals surface area contributed by atoms with E-state index in [1.807, 2.05) is 65.6 Å². The summed E-state index contributed by atoms with van der Waals surface area (Å²) in [6.07, 6.45) is 0.774. The highest BCUT2D eigenvalue weighted by atomic mass is 16.2. The average Bonchev–Trinajstić information content (AvgIpc) is 3.04. The number of nitrogens with zero attached hydrogens (tertiary/aromatic N) is 4. The Hall–Kier alpha value is -4.77. The van der Waals surface area contributed by atoms with Crippen molar-refractivity contribution in [3.05, 3.63) is 137 Å². The van der Waals surface area contributed by atoms with Gasteiger partial charge in [0.1, 0.15) is 5.82 Å². The number of hydrogen-bond donors (Lipinski definition) is 0. The van der Waals surface area contributed by atoms with Gasteiger partial charge in [-0.3, -0.25) is 4.79 Å². The molecule has 0 saturated carbocycles. The molecule has 1 aliphatic heterocycles. The second-order valence-electron chi connectivity index (χ2n) is 11.1. The maximum atomic E-state index is 13.4. The fraction of sp³-hybridized carbons (Fsp3) is 0.216. The molecular formula is C37H36N4O. The summed E-state index contributed by atoms with van der Waals surface area (Å²) in [5.74, 6) is 1.79. The van der Waals surface area contributed by atoms with Crippen LogP contribution in [0.5, 0.6) is 0 Å². The molecule has 5 heteroatoms. The van der Waals surface area contributed by atoms with Gasteiger partial charge in [-0.2, -0.15) is 0 Å². The van der Waals surface area contributed by atoms with Gasteiger partial charge in [-0.15, -0.1) is 0 Å². The summed E-state index contributed by atoms with van der Waals surface area (Å²) in [7, 11) is 0. The summed E-state index contributed by atoms with van der Waals surface area (Å²) in [5.41, 5.74) is 9.96. The maximum absolute atomic E-state index is 13.4. The third-order valence-corrected chi connectivity index (χ3v) is 8.20. The van der Waals surface area contributed by atoms with Gasteiger partial charge in [-0.25, -0.2) is 9.97 Å². The molecule has 0 bridgehead atoms. The van der Waals surface area contributed by atoms with Gasteiger partial charge in [0.05, 0.1) is 0 Å². The summed E-state index contributed by atoms with van der Waals surface area (Å²) in [5, 5.41) is 0. The lowest BCUT2D eigenvalue weighted by molar-refractivity contribution is 0.0746. The third-order valence-electron chi connectivity index (χ3n) is 8.20. The number of benzene rings is 4. The number of anilines is 1. The zero-order valence-electron chi connectivity index (χ0n) is 24.5. The monoisotopic (exact) mass is 552 g/mol. The molecule has 0 spiro atoms. The van der Waals surface area contributed by atoms with Crippen LogP contribution >= 0.6 is 0 Å². The largest absolute Gasteiger partial charge is 0.353 e. The first-order valence-electron chi connectivity index (χ1n) is 14.6. The standard InChI is InChI=1S/C37H36N4O/c1-26-14-15-27(2)33(24-26)25-34-28(3)38-35(31-12-8-5-9-13-31)39-36(34)40-20-22-41(23-21-40)37(42)32-18-16-30(17-19-32)29-10-6-4-7-11-29/h4-19,24H,20-23,25H2,1-3H3. The minimum absolute atomic E-state index is 0.0775. The Morgan fingerprint density at radius 3 is 1.98 bits per heavy atom. The summed E-state index contributed by atoms with van der Waals surface area (Å²) in [6, 6.07) is 35.0. The van der Waals surface area contributed by atoms with Crippen LogP contribution in [0.25, 0.3) is 22.5 Å². The van der Waals surface area contributed by atoms with Gasteiger partial charge in [0, 0.05) is 55.0 Å². The van der Waals surface area contributed by atoms with Crippen molar-refractivity contribution in [2.24, 2.45) is 0 Å². The number of amides is 1. The molecule has 0 radical (unpaired) electrons. The number of piperazine rings is 1. The lowest BCUT2D eigenvalue weighted by Crippen LogP contribution is -2.49. The Bertz CT molecular complexity index is 1690. The first-order chi connectivity index (χ1) is 20.5. The van der Waals surface area contributed by atoms with Gasteiger partial charge in [0.15, 0.2) is 5.82 Å². The molecule has 1 fully saturated rings.